The zero-order valence-corrected chi connectivity index (χ0v) is 14.7. The van der Waals surface area contributed by atoms with Crippen LogP contribution >= 0.6 is 11.3 Å². The molecule has 1 aromatic heterocycles. The normalized spacial score (nSPS) is 13.5. The molecule has 126 valence electrons. The third-order valence-corrected chi connectivity index (χ3v) is 5.19. The van der Waals surface area contributed by atoms with Gasteiger partial charge in [-0.25, -0.2) is 4.79 Å². The van der Waals surface area contributed by atoms with Crippen molar-refractivity contribution in [2.75, 3.05) is 5.32 Å². The number of esters is 1. The van der Waals surface area contributed by atoms with E-state index in [1.54, 1.807) is 12.1 Å². The van der Waals surface area contributed by atoms with Crippen molar-refractivity contribution in [2.24, 2.45) is 0 Å². The van der Waals surface area contributed by atoms with Gasteiger partial charge in [-0.1, -0.05) is 18.2 Å². The number of nitrogens with one attached hydrogen (secondary N) is 1. The number of hydrogen-bond donors (Lipinski definition) is 1. The first-order chi connectivity index (χ1) is 11.6. The first-order valence-corrected chi connectivity index (χ1v) is 9.10. The van der Waals surface area contributed by atoms with Crippen LogP contribution in [0, 0.1) is 0 Å². The van der Waals surface area contributed by atoms with Crippen molar-refractivity contribution in [3.63, 3.8) is 0 Å². The lowest BCUT2D eigenvalue weighted by Gasteiger charge is -2.14. The second-order valence-electron chi connectivity index (χ2n) is 6.19. The predicted molar refractivity (Wildman–Crippen MR) is 95.9 cm³/mol. The van der Waals surface area contributed by atoms with Crippen LogP contribution in [-0.2, 0) is 17.6 Å². The number of carbonyl (C=O) groups excluding carboxylic acids is 2. The molecule has 0 atom stereocenters. The number of rotatable bonds is 4. The molecule has 0 unspecified atom stereocenters. The SMILES string of the molecule is CC(C)OC(=O)c1c(NC(=O)c2ccccc2)sc2c1CCCC2. The Morgan fingerprint density at radius 2 is 1.83 bits per heavy atom. The fourth-order valence-electron chi connectivity index (χ4n) is 2.91. The smallest absolute Gasteiger partial charge is 0.341 e. The van der Waals surface area contributed by atoms with E-state index in [1.807, 2.05) is 32.0 Å². The Morgan fingerprint density at radius 1 is 1.12 bits per heavy atom. The largest absolute Gasteiger partial charge is 0.459 e. The maximum absolute atomic E-state index is 12.6. The van der Waals surface area contributed by atoms with E-state index in [1.165, 1.54) is 16.2 Å². The van der Waals surface area contributed by atoms with Crippen LogP contribution in [-0.4, -0.2) is 18.0 Å². The summed E-state index contributed by atoms with van der Waals surface area (Å²) in [6.07, 6.45) is 3.84. The van der Waals surface area contributed by atoms with Crippen molar-refractivity contribution < 1.29 is 14.3 Å². The van der Waals surface area contributed by atoms with Crippen LogP contribution in [0.15, 0.2) is 30.3 Å². The van der Waals surface area contributed by atoms with Gasteiger partial charge >= 0.3 is 5.97 Å². The van der Waals surface area contributed by atoms with E-state index in [0.29, 0.717) is 16.1 Å². The summed E-state index contributed by atoms with van der Waals surface area (Å²) in [6, 6.07) is 9.03. The molecule has 2 aromatic rings. The molecule has 4 nitrogen and oxygen atoms in total. The van der Waals surface area contributed by atoms with Crippen LogP contribution in [0.1, 0.15) is 57.8 Å². The molecule has 1 heterocycles. The molecule has 0 bridgehead atoms. The Bertz CT molecular complexity index is 749. The second-order valence-corrected chi connectivity index (χ2v) is 7.29. The van der Waals surface area contributed by atoms with Gasteiger partial charge < -0.3 is 10.1 Å². The van der Waals surface area contributed by atoms with Crippen LogP contribution in [0.5, 0.6) is 0 Å². The zero-order valence-electron chi connectivity index (χ0n) is 13.9. The van der Waals surface area contributed by atoms with Crippen LogP contribution < -0.4 is 5.32 Å². The molecule has 1 aliphatic carbocycles. The van der Waals surface area contributed by atoms with Gasteiger partial charge in [-0.3, -0.25) is 4.79 Å². The lowest BCUT2D eigenvalue weighted by molar-refractivity contribution is 0.0378. The highest BCUT2D eigenvalue weighted by Gasteiger charge is 2.28. The molecular weight excluding hydrogens is 322 g/mol. The van der Waals surface area contributed by atoms with Crippen LogP contribution in [0.2, 0.25) is 0 Å². The molecule has 0 radical (unpaired) electrons. The maximum Gasteiger partial charge on any atom is 0.341 e. The average molecular weight is 343 g/mol. The Morgan fingerprint density at radius 3 is 2.54 bits per heavy atom. The lowest BCUT2D eigenvalue weighted by atomic mass is 9.95. The molecular formula is C19H21NO3S. The van der Waals surface area contributed by atoms with Crippen molar-refractivity contribution in [2.45, 2.75) is 45.6 Å². The summed E-state index contributed by atoms with van der Waals surface area (Å²) < 4.78 is 5.41. The van der Waals surface area contributed by atoms with E-state index >= 15 is 0 Å². The van der Waals surface area contributed by atoms with E-state index in [-0.39, 0.29) is 18.0 Å². The molecule has 1 N–H and O–H groups in total. The molecule has 5 heteroatoms. The Hall–Kier alpha value is -2.14. The number of anilines is 1. The summed E-state index contributed by atoms with van der Waals surface area (Å²) in [6.45, 7) is 3.66. The number of carbonyl (C=O) groups is 2. The quantitative estimate of drug-likeness (QED) is 0.835. The summed E-state index contributed by atoms with van der Waals surface area (Å²) in [5.41, 5.74) is 2.18. The third-order valence-electron chi connectivity index (χ3n) is 3.98. The summed E-state index contributed by atoms with van der Waals surface area (Å²) >= 11 is 1.51. The number of thiophene rings is 1. The second kappa shape index (κ2) is 7.18. The summed E-state index contributed by atoms with van der Waals surface area (Å²) in [4.78, 5) is 26.2. The summed E-state index contributed by atoms with van der Waals surface area (Å²) in [7, 11) is 0. The highest BCUT2D eigenvalue weighted by molar-refractivity contribution is 7.17. The summed E-state index contributed by atoms with van der Waals surface area (Å²) in [5, 5.41) is 3.53. The molecule has 0 aliphatic heterocycles. The molecule has 1 aliphatic rings. The van der Waals surface area contributed by atoms with Crippen molar-refractivity contribution >= 4 is 28.2 Å². The predicted octanol–water partition coefficient (Wildman–Crippen LogP) is 4.44. The van der Waals surface area contributed by atoms with Gasteiger partial charge in [-0.05, 0) is 57.2 Å². The van der Waals surface area contributed by atoms with Gasteiger partial charge in [0.1, 0.15) is 5.00 Å². The highest BCUT2D eigenvalue weighted by Crippen LogP contribution is 2.38. The van der Waals surface area contributed by atoms with E-state index in [0.717, 1.165) is 31.2 Å². The van der Waals surface area contributed by atoms with Gasteiger partial charge in [0.25, 0.3) is 5.91 Å². The third kappa shape index (κ3) is 3.51. The van der Waals surface area contributed by atoms with Crippen molar-refractivity contribution in [1.82, 2.24) is 0 Å². The average Bonchev–Trinajstić information content (AvgIpc) is 2.92. The van der Waals surface area contributed by atoms with Crippen LogP contribution in [0.4, 0.5) is 5.00 Å². The van der Waals surface area contributed by atoms with E-state index in [9.17, 15) is 9.59 Å². The van der Waals surface area contributed by atoms with Crippen LogP contribution in [0.25, 0.3) is 0 Å². The first-order valence-electron chi connectivity index (χ1n) is 8.28. The number of aryl methyl sites for hydroxylation is 1. The lowest BCUT2D eigenvalue weighted by Crippen LogP contribution is -2.17. The standard InChI is InChI=1S/C19H21NO3S/c1-12(2)23-19(22)16-14-10-6-7-11-15(14)24-18(16)20-17(21)13-8-4-3-5-9-13/h3-5,8-9,12H,6-7,10-11H2,1-2H3,(H,20,21). The number of ether oxygens (including phenoxy) is 1. The Balaban J connectivity index is 1.93. The van der Waals surface area contributed by atoms with Crippen molar-refractivity contribution in [3.05, 3.63) is 51.9 Å². The van der Waals surface area contributed by atoms with Gasteiger partial charge in [0.15, 0.2) is 0 Å². The van der Waals surface area contributed by atoms with Crippen molar-refractivity contribution in [1.29, 1.82) is 0 Å². The number of hydrogen-bond acceptors (Lipinski definition) is 4. The minimum absolute atomic E-state index is 0.186. The molecule has 0 saturated heterocycles. The van der Waals surface area contributed by atoms with E-state index in [2.05, 4.69) is 5.32 Å². The fraction of sp³-hybridized carbons (Fsp3) is 0.368. The molecule has 1 aromatic carbocycles. The maximum atomic E-state index is 12.6. The number of amides is 1. The van der Waals surface area contributed by atoms with Gasteiger partial charge in [0.05, 0.1) is 11.7 Å². The van der Waals surface area contributed by atoms with Crippen LogP contribution in [0.3, 0.4) is 0 Å². The number of benzene rings is 1. The molecule has 0 fully saturated rings. The zero-order chi connectivity index (χ0) is 17.1. The van der Waals surface area contributed by atoms with E-state index < -0.39 is 0 Å². The molecule has 3 rings (SSSR count). The molecule has 1 amide bonds. The van der Waals surface area contributed by atoms with E-state index in [4.69, 9.17) is 4.74 Å². The molecule has 0 saturated carbocycles. The van der Waals surface area contributed by atoms with Gasteiger partial charge in [0, 0.05) is 10.4 Å². The molecule has 0 spiro atoms. The van der Waals surface area contributed by atoms with Crippen molar-refractivity contribution in [3.8, 4) is 0 Å². The Kier molecular flexibility index (Phi) is 5.00. The summed E-state index contributed by atoms with van der Waals surface area (Å²) in [5.74, 6) is -0.541. The minimum atomic E-state index is -0.340. The first kappa shape index (κ1) is 16.7. The Labute approximate surface area is 145 Å². The van der Waals surface area contributed by atoms with Gasteiger partial charge in [-0.2, -0.15) is 0 Å². The topological polar surface area (TPSA) is 55.4 Å². The monoisotopic (exact) mass is 343 g/mol. The highest BCUT2D eigenvalue weighted by atomic mass is 32.1. The van der Waals surface area contributed by atoms with Gasteiger partial charge in [0.2, 0.25) is 0 Å². The minimum Gasteiger partial charge on any atom is -0.459 e. The van der Waals surface area contributed by atoms with Gasteiger partial charge in [-0.15, -0.1) is 11.3 Å². The molecule has 24 heavy (non-hydrogen) atoms. The fourth-order valence-corrected chi connectivity index (χ4v) is 4.18. The number of fused-ring (bicyclic) bond motifs is 1.